The molecular weight excluding hydrogens is 416 g/mol. The molecule has 1 heterocycles. The molecule has 0 atom stereocenters. The molecule has 0 spiro atoms. The van der Waals surface area contributed by atoms with Crippen molar-refractivity contribution in [3.63, 3.8) is 0 Å². The van der Waals surface area contributed by atoms with Crippen LogP contribution in [0.4, 0.5) is 8.78 Å². The molecule has 0 unspecified atom stereocenters. The lowest BCUT2D eigenvalue weighted by Gasteiger charge is -2.08. The van der Waals surface area contributed by atoms with E-state index >= 15 is 0 Å². The van der Waals surface area contributed by atoms with Crippen LogP contribution in [0.5, 0.6) is 0 Å². The third-order valence-electron chi connectivity index (χ3n) is 4.36. The number of rotatable bonds is 7. The molecule has 0 amide bonds. The Labute approximate surface area is 172 Å². The molecule has 9 heteroatoms. The van der Waals surface area contributed by atoms with Crippen LogP contribution in [0.2, 0.25) is 0 Å². The van der Waals surface area contributed by atoms with Crippen molar-refractivity contribution in [3.8, 4) is 11.3 Å². The number of hydrogen-bond acceptors (Lipinski definition) is 6. The quantitative estimate of drug-likeness (QED) is 0.520. The lowest BCUT2D eigenvalue weighted by atomic mass is 10.1. The zero-order valence-electron chi connectivity index (χ0n) is 16.3. The van der Waals surface area contributed by atoms with Crippen LogP contribution in [0.3, 0.4) is 0 Å². The smallest absolute Gasteiger partial charge is 0.310 e. The summed E-state index contributed by atoms with van der Waals surface area (Å²) in [5.74, 6) is -1.97. The van der Waals surface area contributed by atoms with Crippen LogP contribution < -0.4 is 0 Å². The van der Waals surface area contributed by atoms with E-state index in [0.29, 0.717) is 5.56 Å². The second-order valence-electron chi connectivity index (χ2n) is 6.88. The molecule has 0 radical (unpaired) electrons. The summed E-state index contributed by atoms with van der Waals surface area (Å²) in [5, 5.41) is 3.17. The van der Waals surface area contributed by atoms with Gasteiger partial charge >= 0.3 is 5.97 Å². The van der Waals surface area contributed by atoms with Crippen LogP contribution in [-0.4, -0.2) is 24.8 Å². The summed E-state index contributed by atoms with van der Waals surface area (Å²) < 4.78 is 61.2. The molecule has 0 aliphatic rings. The Bertz CT molecular complexity index is 1150. The Morgan fingerprint density at radius 3 is 2.43 bits per heavy atom. The standard InChI is InChI=1S/C21H19F2NO5S/c1-13(2)30(26,27)17-6-3-14(4-7-17)9-21(25)28-12-16-11-20(29-24-16)18-8-5-15(22)10-19(18)23/h3-8,10-11,13H,9,12H2,1-2H3. The number of benzene rings is 2. The predicted octanol–water partition coefficient (Wildman–Crippen LogP) is 4.09. The van der Waals surface area contributed by atoms with Crippen LogP contribution in [0.15, 0.2) is 57.9 Å². The summed E-state index contributed by atoms with van der Waals surface area (Å²) in [6.45, 7) is 3.01. The van der Waals surface area contributed by atoms with E-state index in [-0.39, 0.29) is 34.9 Å². The Balaban J connectivity index is 1.58. The molecule has 158 valence electrons. The highest BCUT2D eigenvalue weighted by Gasteiger charge is 2.19. The molecule has 0 fully saturated rings. The number of esters is 1. The Kier molecular flexibility index (Phi) is 6.31. The van der Waals surface area contributed by atoms with E-state index in [1.54, 1.807) is 26.0 Å². The maximum absolute atomic E-state index is 13.8. The molecule has 0 N–H and O–H groups in total. The molecule has 3 rings (SSSR count). The van der Waals surface area contributed by atoms with Crippen LogP contribution in [0.1, 0.15) is 25.1 Å². The first-order valence-corrected chi connectivity index (χ1v) is 10.6. The van der Waals surface area contributed by atoms with Gasteiger partial charge in [-0.1, -0.05) is 17.3 Å². The van der Waals surface area contributed by atoms with E-state index < -0.39 is 32.7 Å². The number of aromatic nitrogens is 1. The molecule has 0 saturated heterocycles. The van der Waals surface area contributed by atoms with Crippen molar-refractivity contribution in [2.24, 2.45) is 0 Å². The summed E-state index contributed by atoms with van der Waals surface area (Å²) >= 11 is 0. The fourth-order valence-electron chi connectivity index (χ4n) is 2.64. The number of carbonyl (C=O) groups excluding carboxylic acids is 1. The molecule has 6 nitrogen and oxygen atoms in total. The third-order valence-corrected chi connectivity index (χ3v) is 6.53. The van der Waals surface area contributed by atoms with Crippen LogP contribution in [-0.2, 0) is 32.4 Å². The second kappa shape index (κ2) is 8.74. The maximum atomic E-state index is 13.8. The third kappa shape index (κ3) is 4.91. The van der Waals surface area contributed by atoms with Crippen molar-refractivity contribution >= 4 is 15.8 Å². The van der Waals surface area contributed by atoms with Gasteiger partial charge in [0.1, 0.15) is 23.9 Å². The highest BCUT2D eigenvalue weighted by molar-refractivity contribution is 7.92. The van der Waals surface area contributed by atoms with Crippen molar-refractivity contribution < 1.29 is 31.3 Å². The zero-order valence-corrected chi connectivity index (χ0v) is 17.1. The second-order valence-corrected chi connectivity index (χ2v) is 9.39. The monoisotopic (exact) mass is 435 g/mol. The first-order valence-electron chi connectivity index (χ1n) is 9.06. The molecule has 2 aromatic carbocycles. The fraction of sp³-hybridized carbons (Fsp3) is 0.238. The van der Waals surface area contributed by atoms with Gasteiger partial charge in [-0.25, -0.2) is 17.2 Å². The van der Waals surface area contributed by atoms with Crippen molar-refractivity contribution in [1.29, 1.82) is 0 Å². The lowest BCUT2D eigenvalue weighted by Crippen LogP contribution is -2.14. The number of hydrogen-bond donors (Lipinski definition) is 0. The lowest BCUT2D eigenvalue weighted by molar-refractivity contribution is -0.144. The molecule has 0 bridgehead atoms. The SMILES string of the molecule is CC(C)S(=O)(=O)c1ccc(CC(=O)OCc2cc(-c3ccc(F)cc3F)on2)cc1. The van der Waals surface area contributed by atoms with Crippen molar-refractivity contribution in [2.45, 2.75) is 37.0 Å². The van der Waals surface area contributed by atoms with Crippen molar-refractivity contribution in [1.82, 2.24) is 5.16 Å². The van der Waals surface area contributed by atoms with Gasteiger partial charge < -0.3 is 9.26 Å². The number of nitrogens with zero attached hydrogens (tertiary/aromatic N) is 1. The van der Waals surface area contributed by atoms with E-state index in [0.717, 1.165) is 12.1 Å². The van der Waals surface area contributed by atoms with E-state index in [4.69, 9.17) is 9.26 Å². The van der Waals surface area contributed by atoms with Crippen molar-refractivity contribution in [2.75, 3.05) is 0 Å². The van der Waals surface area contributed by atoms with Gasteiger partial charge in [0, 0.05) is 12.1 Å². The Hall–Kier alpha value is -3.07. The summed E-state index contributed by atoms with van der Waals surface area (Å²) in [5.41, 5.74) is 0.898. The van der Waals surface area contributed by atoms with E-state index in [9.17, 15) is 22.0 Å². The van der Waals surface area contributed by atoms with Crippen LogP contribution >= 0.6 is 0 Å². The van der Waals surface area contributed by atoms with Gasteiger partial charge in [-0.15, -0.1) is 0 Å². The number of sulfone groups is 1. The van der Waals surface area contributed by atoms with Gasteiger partial charge in [0.25, 0.3) is 0 Å². The number of ether oxygens (including phenoxy) is 1. The van der Waals surface area contributed by atoms with Crippen LogP contribution in [0.25, 0.3) is 11.3 Å². The number of carbonyl (C=O) groups is 1. The normalized spacial score (nSPS) is 11.6. The molecule has 3 aromatic rings. The largest absolute Gasteiger partial charge is 0.459 e. The minimum Gasteiger partial charge on any atom is -0.459 e. The summed E-state index contributed by atoms with van der Waals surface area (Å²) in [6, 6.07) is 10.5. The molecule has 30 heavy (non-hydrogen) atoms. The molecule has 1 aromatic heterocycles. The fourth-order valence-corrected chi connectivity index (χ4v) is 3.70. The van der Waals surface area contributed by atoms with Gasteiger partial charge in [-0.3, -0.25) is 4.79 Å². The topological polar surface area (TPSA) is 86.5 Å². The maximum Gasteiger partial charge on any atom is 0.310 e. The average molecular weight is 435 g/mol. The highest BCUT2D eigenvalue weighted by Crippen LogP contribution is 2.24. The average Bonchev–Trinajstić information content (AvgIpc) is 3.15. The van der Waals surface area contributed by atoms with E-state index in [2.05, 4.69) is 5.16 Å². The van der Waals surface area contributed by atoms with Gasteiger partial charge in [0.05, 0.1) is 22.1 Å². The summed E-state index contributed by atoms with van der Waals surface area (Å²) in [7, 11) is -3.38. The molecule has 0 aliphatic carbocycles. The van der Waals surface area contributed by atoms with Gasteiger partial charge in [-0.05, 0) is 43.7 Å². The summed E-state index contributed by atoms with van der Waals surface area (Å²) in [6.07, 6.45) is -0.0562. The molecule has 0 aliphatic heterocycles. The van der Waals surface area contributed by atoms with Gasteiger partial charge in [0.15, 0.2) is 15.6 Å². The van der Waals surface area contributed by atoms with Crippen molar-refractivity contribution in [3.05, 3.63) is 71.4 Å². The first kappa shape index (κ1) is 21.6. The first-order chi connectivity index (χ1) is 14.2. The zero-order chi connectivity index (χ0) is 21.9. The van der Waals surface area contributed by atoms with E-state index in [1.165, 1.54) is 24.3 Å². The highest BCUT2D eigenvalue weighted by atomic mass is 32.2. The number of halogens is 2. The van der Waals surface area contributed by atoms with Crippen LogP contribution in [0, 0.1) is 11.6 Å². The molecule has 0 saturated carbocycles. The Morgan fingerprint density at radius 2 is 1.80 bits per heavy atom. The predicted molar refractivity (Wildman–Crippen MR) is 104 cm³/mol. The minimum absolute atomic E-state index is 0.0397. The molecular formula is C21H19F2NO5S. The minimum atomic E-state index is -3.38. The summed E-state index contributed by atoms with van der Waals surface area (Å²) in [4.78, 5) is 12.2. The Morgan fingerprint density at radius 1 is 1.10 bits per heavy atom. The van der Waals surface area contributed by atoms with Gasteiger partial charge in [0.2, 0.25) is 0 Å². The van der Waals surface area contributed by atoms with E-state index in [1.807, 2.05) is 0 Å². The van der Waals surface area contributed by atoms with Gasteiger partial charge in [-0.2, -0.15) is 0 Å².